The van der Waals surface area contributed by atoms with Gasteiger partial charge in [-0.1, -0.05) is 13.8 Å². The molecule has 2 heterocycles. The van der Waals surface area contributed by atoms with Crippen molar-refractivity contribution in [3.8, 4) is 0 Å². The largest absolute Gasteiger partial charge is 0.347 e. The molecule has 1 atom stereocenters. The van der Waals surface area contributed by atoms with Crippen molar-refractivity contribution >= 4 is 16.7 Å². The molecule has 5 heteroatoms. The Balaban J connectivity index is 1.90. The summed E-state index contributed by atoms with van der Waals surface area (Å²) >= 11 is 1.57. The van der Waals surface area contributed by atoms with Gasteiger partial charge in [-0.25, -0.2) is 4.98 Å². The van der Waals surface area contributed by atoms with Crippen molar-refractivity contribution in [1.29, 1.82) is 0 Å². The van der Waals surface area contributed by atoms with Crippen LogP contribution in [0, 0.1) is 5.92 Å². The van der Waals surface area contributed by atoms with E-state index in [1.807, 2.05) is 0 Å². The van der Waals surface area contributed by atoms with Crippen molar-refractivity contribution in [2.75, 3.05) is 31.1 Å². The van der Waals surface area contributed by atoms with E-state index in [4.69, 9.17) is 0 Å². The Morgan fingerprint density at radius 3 is 3.11 bits per heavy atom. The lowest BCUT2D eigenvalue weighted by Crippen LogP contribution is -2.39. The maximum atomic E-state index is 4.65. The summed E-state index contributed by atoms with van der Waals surface area (Å²) in [6.45, 7) is 8.82. The fourth-order valence-electron chi connectivity index (χ4n) is 2.45. The fourth-order valence-corrected chi connectivity index (χ4v) is 3.20. The van der Waals surface area contributed by atoms with Crippen LogP contribution < -0.4 is 10.2 Å². The molecule has 0 saturated carbocycles. The first-order chi connectivity index (χ1) is 8.83. The van der Waals surface area contributed by atoms with Gasteiger partial charge in [-0.05, 0) is 38.3 Å². The van der Waals surface area contributed by atoms with Gasteiger partial charge in [0.2, 0.25) is 5.13 Å². The first-order valence-electron chi connectivity index (χ1n) is 7.11. The predicted octanol–water partition coefficient (Wildman–Crippen LogP) is 2.32. The molecule has 0 aromatic carbocycles. The van der Waals surface area contributed by atoms with E-state index in [1.165, 1.54) is 12.8 Å². The molecule has 2 rings (SSSR count). The molecule has 1 aliphatic rings. The normalized spacial score (nSPS) is 20.3. The minimum atomic E-state index is 0.761. The van der Waals surface area contributed by atoms with Crippen LogP contribution in [0.1, 0.15) is 38.9 Å². The molecular weight excluding hydrogens is 244 g/mol. The summed E-state index contributed by atoms with van der Waals surface area (Å²) < 4.78 is 4.44. The molecule has 0 radical (unpaired) electrons. The molecule has 1 aromatic rings. The maximum absolute atomic E-state index is 4.65. The maximum Gasteiger partial charge on any atom is 0.205 e. The van der Waals surface area contributed by atoms with Gasteiger partial charge in [-0.15, -0.1) is 0 Å². The van der Waals surface area contributed by atoms with Crippen LogP contribution in [0.4, 0.5) is 5.13 Å². The zero-order chi connectivity index (χ0) is 12.8. The lowest BCUT2D eigenvalue weighted by atomic mass is 9.98. The number of nitrogens with one attached hydrogen (secondary N) is 1. The predicted molar refractivity (Wildman–Crippen MR) is 77.4 cm³/mol. The first-order valence-corrected chi connectivity index (χ1v) is 7.89. The van der Waals surface area contributed by atoms with Gasteiger partial charge in [0, 0.05) is 31.0 Å². The van der Waals surface area contributed by atoms with Crippen molar-refractivity contribution in [1.82, 2.24) is 14.7 Å². The van der Waals surface area contributed by atoms with Gasteiger partial charge in [-0.2, -0.15) is 4.37 Å². The van der Waals surface area contributed by atoms with Crippen LogP contribution >= 0.6 is 11.5 Å². The number of hydrogen-bond donors (Lipinski definition) is 1. The molecule has 0 aliphatic carbocycles. The van der Waals surface area contributed by atoms with Gasteiger partial charge in [-0.3, -0.25) is 0 Å². The van der Waals surface area contributed by atoms with E-state index < -0.39 is 0 Å². The van der Waals surface area contributed by atoms with Gasteiger partial charge in [0.25, 0.3) is 0 Å². The average Bonchev–Trinajstić information content (AvgIpc) is 2.86. The number of aryl methyl sites for hydroxylation is 1. The van der Waals surface area contributed by atoms with Crippen LogP contribution in [-0.2, 0) is 6.42 Å². The zero-order valence-electron chi connectivity index (χ0n) is 11.5. The van der Waals surface area contributed by atoms with Gasteiger partial charge >= 0.3 is 0 Å². The lowest BCUT2D eigenvalue weighted by Gasteiger charge is -2.32. The Labute approximate surface area is 114 Å². The molecular formula is C13H24N4S. The van der Waals surface area contributed by atoms with Crippen LogP contribution in [0.15, 0.2) is 0 Å². The summed E-state index contributed by atoms with van der Waals surface area (Å²) in [5.41, 5.74) is 0. The van der Waals surface area contributed by atoms with Crippen LogP contribution in [0.5, 0.6) is 0 Å². The smallest absolute Gasteiger partial charge is 0.205 e. The summed E-state index contributed by atoms with van der Waals surface area (Å²) in [6.07, 6.45) is 4.74. The number of aromatic nitrogens is 2. The second-order valence-corrected chi connectivity index (χ2v) is 5.74. The highest BCUT2D eigenvalue weighted by Crippen LogP contribution is 2.24. The molecule has 102 valence electrons. The third-order valence-electron chi connectivity index (χ3n) is 3.40. The standard InChI is InChI=1S/C13H24N4S/c1-3-6-12-15-13(18-16-12)17-8-5-7-11(10-17)9-14-4-2/h11,14H,3-10H2,1-2H3. The molecule has 1 N–H and O–H groups in total. The van der Waals surface area contributed by atoms with Crippen molar-refractivity contribution in [3.05, 3.63) is 5.82 Å². The van der Waals surface area contributed by atoms with E-state index in [2.05, 4.69) is 33.4 Å². The molecule has 1 saturated heterocycles. The second kappa shape index (κ2) is 7.04. The molecule has 1 aromatic heterocycles. The zero-order valence-corrected chi connectivity index (χ0v) is 12.3. The third-order valence-corrected chi connectivity index (χ3v) is 4.22. The van der Waals surface area contributed by atoms with Crippen molar-refractivity contribution in [2.24, 2.45) is 5.92 Å². The van der Waals surface area contributed by atoms with Crippen molar-refractivity contribution < 1.29 is 0 Å². The number of hydrogen-bond acceptors (Lipinski definition) is 5. The second-order valence-electron chi connectivity index (χ2n) is 5.01. The quantitative estimate of drug-likeness (QED) is 0.859. The number of anilines is 1. The van der Waals surface area contributed by atoms with Gasteiger partial charge < -0.3 is 10.2 Å². The molecule has 1 aliphatic heterocycles. The Morgan fingerprint density at radius 1 is 1.44 bits per heavy atom. The van der Waals surface area contributed by atoms with Crippen LogP contribution in [0.2, 0.25) is 0 Å². The van der Waals surface area contributed by atoms with E-state index in [9.17, 15) is 0 Å². The fraction of sp³-hybridized carbons (Fsp3) is 0.846. The molecule has 0 spiro atoms. The van der Waals surface area contributed by atoms with Gasteiger partial charge in [0.15, 0.2) is 0 Å². The van der Waals surface area contributed by atoms with E-state index in [1.54, 1.807) is 11.5 Å². The summed E-state index contributed by atoms with van der Waals surface area (Å²) in [5.74, 6) is 1.78. The van der Waals surface area contributed by atoms with E-state index >= 15 is 0 Å². The van der Waals surface area contributed by atoms with E-state index in [0.29, 0.717) is 0 Å². The van der Waals surface area contributed by atoms with Crippen LogP contribution in [0.3, 0.4) is 0 Å². The lowest BCUT2D eigenvalue weighted by molar-refractivity contribution is 0.395. The summed E-state index contributed by atoms with van der Waals surface area (Å²) in [5, 5.41) is 4.58. The van der Waals surface area contributed by atoms with Gasteiger partial charge in [0.05, 0.1) is 0 Å². The first kappa shape index (κ1) is 13.7. The highest BCUT2D eigenvalue weighted by Gasteiger charge is 2.22. The summed E-state index contributed by atoms with van der Waals surface area (Å²) in [6, 6.07) is 0. The molecule has 0 bridgehead atoms. The Hall–Kier alpha value is -0.680. The monoisotopic (exact) mass is 268 g/mol. The number of nitrogens with zero attached hydrogens (tertiary/aromatic N) is 3. The van der Waals surface area contributed by atoms with Gasteiger partial charge in [0.1, 0.15) is 5.82 Å². The van der Waals surface area contributed by atoms with Crippen LogP contribution in [-0.4, -0.2) is 35.5 Å². The van der Waals surface area contributed by atoms with Crippen LogP contribution in [0.25, 0.3) is 0 Å². The third kappa shape index (κ3) is 3.65. The molecule has 0 amide bonds. The minimum absolute atomic E-state index is 0.761. The van der Waals surface area contributed by atoms with Crippen molar-refractivity contribution in [2.45, 2.75) is 39.5 Å². The van der Waals surface area contributed by atoms with E-state index in [0.717, 1.165) is 55.9 Å². The summed E-state index contributed by atoms with van der Waals surface area (Å²) in [7, 11) is 0. The summed E-state index contributed by atoms with van der Waals surface area (Å²) in [4.78, 5) is 7.07. The molecule has 18 heavy (non-hydrogen) atoms. The Bertz CT molecular complexity index is 353. The number of rotatable bonds is 6. The SMILES string of the molecule is CCCc1nsc(N2CCCC(CNCC)C2)n1. The highest BCUT2D eigenvalue weighted by atomic mass is 32.1. The van der Waals surface area contributed by atoms with Crippen molar-refractivity contribution in [3.63, 3.8) is 0 Å². The van der Waals surface area contributed by atoms with E-state index in [-0.39, 0.29) is 0 Å². The molecule has 1 fully saturated rings. The topological polar surface area (TPSA) is 41.1 Å². The molecule has 4 nitrogen and oxygen atoms in total. The average molecular weight is 268 g/mol. The highest BCUT2D eigenvalue weighted by molar-refractivity contribution is 7.09. The Kier molecular flexibility index (Phi) is 5.38. The minimum Gasteiger partial charge on any atom is -0.347 e. The number of piperidine rings is 1. The molecule has 1 unspecified atom stereocenters. The Morgan fingerprint density at radius 2 is 2.33 bits per heavy atom.